The second kappa shape index (κ2) is 4.04. The molecule has 2 unspecified atom stereocenters. The molecule has 0 radical (unpaired) electrons. The van der Waals surface area contributed by atoms with Gasteiger partial charge in [0.05, 0.1) is 11.1 Å². The minimum Gasteiger partial charge on any atom is -0.385 e. The summed E-state index contributed by atoms with van der Waals surface area (Å²) in [6.45, 7) is 1.98. The lowest BCUT2D eigenvalue weighted by Gasteiger charge is -2.23. The van der Waals surface area contributed by atoms with Crippen LogP contribution in [0.4, 0.5) is 0 Å². The van der Waals surface area contributed by atoms with Gasteiger partial charge in [-0.3, -0.25) is 4.98 Å². The van der Waals surface area contributed by atoms with Crippen molar-refractivity contribution in [1.29, 1.82) is 0 Å². The van der Waals surface area contributed by atoms with Gasteiger partial charge < -0.3 is 10.8 Å². The van der Waals surface area contributed by atoms with Crippen LogP contribution < -0.4 is 5.73 Å². The van der Waals surface area contributed by atoms with E-state index in [1.54, 1.807) is 0 Å². The fourth-order valence-corrected chi connectivity index (χ4v) is 2.84. The van der Waals surface area contributed by atoms with E-state index in [0.29, 0.717) is 6.42 Å². The summed E-state index contributed by atoms with van der Waals surface area (Å²) in [4.78, 5) is 4.47. The van der Waals surface area contributed by atoms with Gasteiger partial charge in [-0.2, -0.15) is 0 Å². The first-order chi connectivity index (χ1) is 8.57. The van der Waals surface area contributed by atoms with E-state index in [1.165, 1.54) is 0 Å². The number of nitrogens with two attached hydrogens (primary N) is 1. The van der Waals surface area contributed by atoms with E-state index in [4.69, 9.17) is 5.73 Å². The van der Waals surface area contributed by atoms with E-state index in [9.17, 15) is 5.11 Å². The fourth-order valence-electron chi connectivity index (χ4n) is 2.84. The Bertz CT molecular complexity index is 596. The smallest absolute Gasteiger partial charge is 0.0912 e. The average Bonchev–Trinajstić information content (AvgIpc) is 2.70. The van der Waals surface area contributed by atoms with Gasteiger partial charge in [0.15, 0.2) is 0 Å². The Balaban J connectivity index is 2.06. The lowest BCUT2D eigenvalue weighted by atomic mass is 9.91. The van der Waals surface area contributed by atoms with Gasteiger partial charge in [0.25, 0.3) is 0 Å². The molecule has 2 atom stereocenters. The molecule has 2 aromatic rings. The third kappa shape index (κ3) is 1.89. The van der Waals surface area contributed by atoms with Crippen molar-refractivity contribution >= 4 is 10.9 Å². The summed E-state index contributed by atoms with van der Waals surface area (Å²) in [7, 11) is 0. The first-order valence-corrected chi connectivity index (χ1v) is 6.43. The average molecular weight is 242 g/mol. The molecule has 3 nitrogen and oxygen atoms in total. The zero-order valence-corrected chi connectivity index (χ0v) is 10.6. The molecule has 0 saturated heterocycles. The van der Waals surface area contributed by atoms with Crippen LogP contribution in [0.3, 0.4) is 0 Å². The molecular formula is C15H18N2O. The minimum atomic E-state index is -0.751. The van der Waals surface area contributed by atoms with Crippen LogP contribution in [0.5, 0.6) is 0 Å². The van der Waals surface area contributed by atoms with Gasteiger partial charge in [-0.15, -0.1) is 0 Å². The Morgan fingerprint density at radius 2 is 2.17 bits per heavy atom. The molecule has 18 heavy (non-hydrogen) atoms. The zero-order chi connectivity index (χ0) is 12.8. The molecule has 1 aliphatic carbocycles. The number of nitrogens with zero attached hydrogens (tertiary/aromatic N) is 1. The zero-order valence-electron chi connectivity index (χ0n) is 10.6. The van der Waals surface area contributed by atoms with Gasteiger partial charge in [-0.05, 0) is 49.9 Å². The molecule has 1 fully saturated rings. The number of rotatable bonds is 1. The second-order valence-electron chi connectivity index (χ2n) is 5.39. The Hall–Kier alpha value is -1.45. The molecule has 94 valence electrons. The highest BCUT2D eigenvalue weighted by atomic mass is 16.3. The first-order valence-electron chi connectivity index (χ1n) is 6.43. The summed E-state index contributed by atoms with van der Waals surface area (Å²) in [5.74, 6) is 0. The third-order valence-corrected chi connectivity index (χ3v) is 3.89. The maximum atomic E-state index is 10.6. The molecule has 0 amide bonds. The van der Waals surface area contributed by atoms with Crippen molar-refractivity contribution in [2.45, 2.75) is 37.8 Å². The summed E-state index contributed by atoms with van der Waals surface area (Å²) < 4.78 is 0. The molecule has 0 bridgehead atoms. The Kier molecular flexibility index (Phi) is 2.61. The summed E-state index contributed by atoms with van der Waals surface area (Å²) in [5.41, 5.74) is 8.11. The van der Waals surface area contributed by atoms with Crippen LogP contribution in [0, 0.1) is 6.92 Å². The van der Waals surface area contributed by atoms with Gasteiger partial charge in [-0.1, -0.05) is 12.1 Å². The van der Waals surface area contributed by atoms with Crippen LogP contribution in [-0.4, -0.2) is 16.1 Å². The van der Waals surface area contributed by atoms with Crippen molar-refractivity contribution in [1.82, 2.24) is 4.98 Å². The fraction of sp³-hybridized carbons (Fsp3) is 0.400. The van der Waals surface area contributed by atoms with Gasteiger partial charge in [0, 0.05) is 17.1 Å². The molecule has 1 saturated carbocycles. The van der Waals surface area contributed by atoms with E-state index in [2.05, 4.69) is 11.1 Å². The van der Waals surface area contributed by atoms with Crippen LogP contribution >= 0.6 is 0 Å². The maximum Gasteiger partial charge on any atom is 0.0912 e. The van der Waals surface area contributed by atoms with Crippen molar-refractivity contribution in [3.05, 3.63) is 41.6 Å². The second-order valence-corrected chi connectivity index (χ2v) is 5.39. The predicted octanol–water partition coefficient (Wildman–Crippen LogP) is 2.24. The topological polar surface area (TPSA) is 59.1 Å². The number of hydrogen-bond donors (Lipinski definition) is 2. The molecular weight excluding hydrogens is 224 g/mol. The molecule has 1 aromatic heterocycles. The van der Waals surface area contributed by atoms with E-state index in [1.807, 2.05) is 31.2 Å². The van der Waals surface area contributed by atoms with Crippen LogP contribution in [-0.2, 0) is 5.60 Å². The predicted molar refractivity (Wildman–Crippen MR) is 72.2 cm³/mol. The number of pyridine rings is 1. The van der Waals surface area contributed by atoms with Crippen molar-refractivity contribution < 1.29 is 5.11 Å². The molecule has 0 aliphatic heterocycles. The van der Waals surface area contributed by atoms with Gasteiger partial charge in [-0.25, -0.2) is 0 Å². The summed E-state index contributed by atoms with van der Waals surface area (Å²) in [6, 6.07) is 10.2. The summed E-state index contributed by atoms with van der Waals surface area (Å²) in [6.07, 6.45) is 2.29. The number of benzene rings is 1. The van der Waals surface area contributed by atoms with Crippen LogP contribution in [0.15, 0.2) is 30.3 Å². The highest BCUT2D eigenvalue weighted by Crippen LogP contribution is 2.38. The Morgan fingerprint density at radius 1 is 1.33 bits per heavy atom. The van der Waals surface area contributed by atoms with Gasteiger partial charge >= 0.3 is 0 Å². The van der Waals surface area contributed by atoms with Crippen LogP contribution in [0.25, 0.3) is 10.9 Å². The first kappa shape index (κ1) is 11.6. The normalized spacial score (nSPS) is 27.8. The van der Waals surface area contributed by atoms with Crippen molar-refractivity contribution in [2.24, 2.45) is 5.73 Å². The molecule has 3 rings (SSSR count). The highest BCUT2D eigenvalue weighted by Gasteiger charge is 2.37. The third-order valence-electron chi connectivity index (χ3n) is 3.89. The maximum absolute atomic E-state index is 10.6. The van der Waals surface area contributed by atoms with Crippen LogP contribution in [0.2, 0.25) is 0 Å². The van der Waals surface area contributed by atoms with Crippen molar-refractivity contribution in [3.8, 4) is 0 Å². The van der Waals surface area contributed by atoms with E-state index < -0.39 is 5.60 Å². The molecule has 3 heteroatoms. The number of fused-ring (bicyclic) bond motifs is 1. The molecule has 1 aromatic carbocycles. The molecule has 1 heterocycles. The van der Waals surface area contributed by atoms with E-state index in [0.717, 1.165) is 35.0 Å². The van der Waals surface area contributed by atoms with Gasteiger partial charge in [0.2, 0.25) is 0 Å². The number of hydrogen-bond acceptors (Lipinski definition) is 3. The van der Waals surface area contributed by atoms with Crippen molar-refractivity contribution in [2.75, 3.05) is 0 Å². The molecule has 1 aliphatic rings. The summed E-state index contributed by atoms with van der Waals surface area (Å²) >= 11 is 0. The minimum absolute atomic E-state index is 0.113. The summed E-state index contributed by atoms with van der Waals surface area (Å²) in [5, 5.41) is 11.7. The Labute approximate surface area is 107 Å². The van der Waals surface area contributed by atoms with Crippen LogP contribution in [0.1, 0.15) is 30.5 Å². The largest absolute Gasteiger partial charge is 0.385 e. The number of aromatic nitrogens is 1. The molecule has 0 spiro atoms. The number of aliphatic hydroxyl groups is 1. The monoisotopic (exact) mass is 242 g/mol. The lowest BCUT2D eigenvalue weighted by molar-refractivity contribution is 0.0432. The quantitative estimate of drug-likeness (QED) is 0.806. The lowest BCUT2D eigenvalue weighted by Crippen LogP contribution is -2.25. The van der Waals surface area contributed by atoms with E-state index in [-0.39, 0.29) is 6.04 Å². The number of aryl methyl sites for hydroxylation is 1. The SMILES string of the molecule is Cc1ccc2cc(C3(O)CCC(N)C3)ccc2n1. The van der Waals surface area contributed by atoms with Crippen molar-refractivity contribution in [3.63, 3.8) is 0 Å². The van der Waals surface area contributed by atoms with E-state index >= 15 is 0 Å². The molecule has 3 N–H and O–H groups in total. The van der Waals surface area contributed by atoms with Gasteiger partial charge in [0.1, 0.15) is 0 Å². The highest BCUT2D eigenvalue weighted by molar-refractivity contribution is 5.79. The Morgan fingerprint density at radius 3 is 2.89 bits per heavy atom. The standard InChI is InChI=1S/C15H18N2O/c1-10-2-3-11-8-12(4-5-14(11)17-10)15(18)7-6-13(16)9-15/h2-5,8,13,18H,6-7,9,16H2,1H3.